The van der Waals surface area contributed by atoms with Crippen LogP contribution in [0.1, 0.15) is 26.7 Å². The number of hydrogen-bond acceptors (Lipinski definition) is 3. The van der Waals surface area contributed by atoms with E-state index in [4.69, 9.17) is 15.2 Å². The van der Waals surface area contributed by atoms with Crippen LogP contribution in [0.5, 0.6) is 0 Å². The summed E-state index contributed by atoms with van der Waals surface area (Å²) >= 11 is 0. The van der Waals surface area contributed by atoms with Crippen LogP contribution >= 0.6 is 0 Å². The van der Waals surface area contributed by atoms with Crippen molar-refractivity contribution in [3.8, 4) is 0 Å². The third-order valence-corrected chi connectivity index (χ3v) is 4.15. The molecule has 1 aromatic carbocycles. The third-order valence-electron chi connectivity index (χ3n) is 2.40. The quantitative estimate of drug-likeness (QED) is 0.430. The van der Waals surface area contributed by atoms with Crippen LogP contribution in [0.2, 0.25) is 0 Å². The lowest BCUT2D eigenvalue weighted by molar-refractivity contribution is -0.0894. The van der Waals surface area contributed by atoms with Gasteiger partial charge in [0.1, 0.15) is 15.4 Å². The van der Waals surface area contributed by atoms with E-state index in [1.165, 1.54) is 5.19 Å². The molecule has 0 aliphatic carbocycles. The van der Waals surface area contributed by atoms with Gasteiger partial charge in [-0.2, -0.15) is 0 Å². The van der Waals surface area contributed by atoms with E-state index in [0.29, 0.717) is 0 Å². The van der Waals surface area contributed by atoms with E-state index in [1.54, 1.807) is 0 Å². The first-order valence-electron chi connectivity index (χ1n) is 6.33. The zero-order chi connectivity index (χ0) is 12.5. The predicted octanol–water partition coefficient (Wildman–Crippen LogP) is 1.20. The first kappa shape index (κ1) is 14.2. The van der Waals surface area contributed by atoms with Gasteiger partial charge in [0.05, 0.1) is 0 Å². The molecular formula is C13H23NO2Si. The maximum Gasteiger partial charge on any atom is 0.139 e. The SMILES string of the molecule is CCCOC(OCCC)[SiH2]c1ccc(N)cc1. The highest BCUT2D eigenvalue weighted by molar-refractivity contribution is 6.54. The molecule has 0 bridgehead atoms. The van der Waals surface area contributed by atoms with Crippen molar-refractivity contribution in [2.24, 2.45) is 0 Å². The van der Waals surface area contributed by atoms with E-state index in [1.807, 2.05) is 12.1 Å². The van der Waals surface area contributed by atoms with Gasteiger partial charge in [0, 0.05) is 18.9 Å². The Balaban J connectivity index is 2.48. The fourth-order valence-electron chi connectivity index (χ4n) is 1.51. The summed E-state index contributed by atoms with van der Waals surface area (Å²) in [4.78, 5) is 0. The molecule has 0 radical (unpaired) electrons. The zero-order valence-electron chi connectivity index (χ0n) is 10.8. The van der Waals surface area contributed by atoms with E-state index in [9.17, 15) is 0 Å². The van der Waals surface area contributed by atoms with Gasteiger partial charge in [0.15, 0.2) is 0 Å². The Morgan fingerprint density at radius 2 is 1.59 bits per heavy atom. The molecule has 0 saturated heterocycles. The van der Waals surface area contributed by atoms with Gasteiger partial charge in [0.25, 0.3) is 0 Å². The van der Waals surface area contributed by atoms with Crippen molar-refractivity contribution < 1.29 is 9.47 Å². The number of anilines is 1. The van der Waals surface area contributed by atoms with E-state index in [-0.39, 0.29) is 5.91 Å². The van der Waals surface area contributed by atoms with Gasteiger partial charge in [-0.3, -0.25) is 0 Å². The Morgan fingerprint density at radius 3 is 2.06 bits per heavy atom. The number of ether oxygens (including phenoxy) is 2. The molecule has 0 aliphatic heterocycles. The fourth-order valence-corrected chi connectivity index (χ4v) is 2.97. The Morgan fingerprint density at radius 1 is 1.06 bits per heavy atom. The minimum absolute atomic E-state index is 0.00137. The molecule has 0 heterocycles. The normalized spacial score (nSPS) is 11.7. The number of hydrogen-bond donors (Lipinski definition) is 1. The van der Waals surface area contributed by atoms with Gasteiger partial charge < -0.3 is 15.2 Å². The van der Waals surface area contributed by atoms with Gasteiger partial charge in [-0.1, -0.05) is 31.2 Å². The van der Waals surface area contributed by atoms with Crippen molar-refractivity contribution in [1.29, 1.82) is 0 Å². The molecule has 1 aromatic rings. The van der Waals surface area contributed by atoms with Crippen molar-refractivity contribution in [2.75, 3.05) is 18.9 Å². The molecule has 0 spiro atoms. The van der Waals surface area contributed by atoms with Crippen molar-refractivity contribution in [2.45, 2.75) is 32.6 Å². The number of rotatable bonds is 8. The van der Waals surface area contributed by atoms with Gasteiger partial charge in [-0.05, 0) is 25.0 Å². The summed E-state index contributed by atoms with van der Waals surface area (Å²) in [5, 5.41) is 1.33. The van der Waals surface area contributed by atoms with Gasteiger partial charge >= 0.3 is 0 Å². The maximum absolute atomic E-state index is 5.74. The Hall–Kier alpha value is -0.843. The second kappa shape index (κ2) is 8.28. The van der Waals surface area contributed by atoms with Crippen LogP contribution in [0, 0.1) is 0 Å². The molecular weight excluding hydrogens is 230 g/mol. The van der Waals surface area contributed by atoms with E-state index >= 15 is 0 Å². The van der Waals surface area contributed by atoms with Crippen LogP contribution in [0.3, 0.4) is 0 Å². The highest BCUT2D eigenvalue weighted by Crippen LogP contribution is 2.00. The largest absolute Gasteiger partial charge is 0.399 e. The summed E-state index contributed by atoms with van der Waals surface area (Å²) < 4.78 is 11.5. The monoisotopic (exact) mass is 253 g/mol. The highest BCUT2D eigenvalue weighted by Gasteiger charge is 2.10. The second-order valence-corrected chi connectivity index (χ2v) is 6.01. The lowest BCUT2D eigenvalue weighted by atomic mass is 10.3. The highest BCUT2D eigenvalue weighted by atomic mass is 28.2. The lowest BCUT2D eigenvalue weighted by Crippen LogP contribution is -2.33. The van der Waals surface area contributed by atoms with Crippen molar-refractivity contribution in [3.63, 3.8) is 0 Å². The summed E-state index contributed by atoms with van der Waals surface area (Å²) in [6.45, 7) is 5.77. The summed E-state index contributed by atoms with van der Waals surface area (Å²) in [5.41, 5.74) is 6.48. The zero-order valence-corrected chi connectivity index (χ0v) is 12.2. The standard InChI is InChI=1S/C13H23NO2Si/c1-3-9-15-13(16-10-4-2)17-12-7-5-11(14)6-8-12/h5-8,13H,3-4,9-10,14,17H2,1-2H3. The average Bonchev–Trinajstić information content (AvgIpc) is 2.35. The Labute approximate surface area is 106 Å². The molecule has 0 atom stereocenters. The summed E-state index contributed by atoms with van der Waals surface area (Å²) in [5.74, 6) is -0.00137. The summed E-state index contributed by atoms with van der Waals surface area (Å²) in [6.07, 6.45) is 2.06. The molecule has 0 aliphatic rings. The smallest absolute Gasteiger partial charge is 0.139 e. The first-order chi connectivity index (χ1) is 8.26. The van der Waals surface area contributed by atoms with Crippen LogP contribution in [0.25, 0.3) is 0 Å². The number of nitrogen functional groups attached to an aromatic ring is 1. The molecule has 17 heavy (non-hydrogen) atoms. The summed E-state index contributed by atoms with van der Waals surface area (Å²) in [6, 6.07) is 8.05. The van der Waals surface area contributed by atoms with Crippen LogP contribution in [0.15, 0.2) is 24.3 Å². The topological polar surface area (TPSA) is 44.5 Å². The first-order valence-corrected chi connectivity index (χ1v) is 7.86. The van der Waals surface area contributed by atoms with Crippen molar-refractivity contribution in [3.05, 3.63) is 24.3 Å². The molecule has 1 rings (SSSR count). The van der Waals surface area contributed by atoms with Crippen LogP contribution in [0.4, 0.5) is 5.69 Å². The van der Waals surface area contributed by atoms with Crippen molar-refractivity contribution >= 4 is 20.4 Å². The molecule has 0 unspecified atom stereocenters. The third kappa shape index (κ3) is 5.86. The molecule has 2 N–H and O–H groups in total. The molecule has 0 saturated carbocycles. The fraction of sp³-hybridized carbons (Fsp3) is 0.538. The minimum Gasteiger partial charge on any atom is -0.399 e. The van der Waals surface area contributed by atoms with Crippen LogP contribution in [-0.4, -0.2) is 28.6 Å². The predicted molar refractivity (Wildman–Crippen MR) is 75.3 cm³/mol. The van der Waals surface area contributed by atoms with Gasteiger partial charge in [-0.15, -0.1) is 0 Å². The summed E-state index contributed by atoms with van der Waals surface area (Å²) in [7, 11) is -0.554. The van der Waals surface area contributed by atoms with E-state index in [2.05, 4.69) is 26.0 Å². The maximum atomic E-state index is 5.74. The molecule has 96 valence electrons. The lowest BCUT2D eigenvalue weighted by Gasteiger charge is -2.18. The Kier molecular flexibility index (Phi) is 6.92. The average molecular weight is 253 g/mol. The number of nitrogens with two attached hydrogens (primary N) is 1. The number of benzene rings is 1. The minimum atomic E-state index is -0.554. The molecule has 0 fully saturated rings. The Bertz CT molecular complexity index is 295. The van der Waals surface area contributed by atoms with Crippen molar-refractivity contribution in [1.82, 2.24) is 0 Å². The second-order valence-electron chi connectivity index (χ2n) is 4.12. The van der Waals surface area contributed by atoms with E-state index in [0.717, 1.165) is 31.7 Å². The van der Waals surface area contributed by atoms with Gasteiger partial charge in [0.2, 0.25) is 0 Å². The van der Waals surface area contributed by atoms with Crippen LogP contribution in [-0.2, 0) is 9.47 Å². The molecule has 3 nitrogen and oxygen atoms in total. The van der Waals surface area contributed by atoms with Gasteiger partial charge in [-0.25, -0.2) is 0 Å². The molecule has 0 amide bonds. The molecule has 4 heteroatoms. The van der Waals surface area contributed by atoms with E-state index < -0.39 is 9.52 Å². The van der Waals surface area contributed by atoms with Crippen LogP contribution < -0.4 is 10.9 Å². The molecule has 0 aromatic heterocycles.